The number of nitrogens with zero attached hydrogens (tertiary/aromatic N) is 1. The van der Waals surface area contributed by atoms with E-state index in [0.29, 0.717) is 11.3 Å². The van der Waals surface area contributed by atoms with Gasteiger partial charge < -0.3 is 16.0 Å². The van der Waals surface area contributed by atoms with Gasteiger partial charge in [-0.25, -0.2) is 0 Å². The van der Waals surface area contributed by atoms with Gasteiger partial charge >= 0.3 is 0 Å². The predicted octanol–water partition coefficient (Wildman–Crippen LogP) is 0.636. The van der Waals surface area contributed by atoms with E-state index < -0.39 is 11.0 Å². The average Bonchev–Trinajstić information content (AvgIpc) is 2.75. The van der Waals surface area contributed by atoms with Crippen molar-refractivity contribution < 1.29 is 14.5 Å². The first kappa shape index (κ1) is 13.8. The Bertz CT molecular complexity index is 599. The van der Waals surface area contributed by atoms with Crippen LogP contribution in [0, 0.1) is 10.1 Å². The smallest absolute Gasteiger partial charge is 0.292 e. The van der Waals surface area contributed by atoms with Gasteiger partial charge in [-0.1, -0.05) is 0 Å². The molecule has 2 rings (SSSR count). The van der Waals surface area contributed by atoms with Gasteiger partial charge in [0.2, 0.25) is 11.8 Å². The van der Waals surface area contributed by atoms with Crippen molar-refractivity contribution in [1.82, 2.24) is 5.32 Å². The van der Waals surface area contributed by atoms with Crippen LogP contribution in [0.1, 0.15) is 12.5 Å². The third kappa shape index (κ3) is 2.53. The number of carbonyl (C=O) groups excluding carboxylic acids is 2. The number of amides is 2. The molecule has 1 aromatic rings. The zero-order valence-electron chi connectivity index (χ0n) is 11.0. The average molecular weight is 278 g/mol. The van der Waals surface area contributed by atoms with Crippen molar-refractivity contribution in [2.75, 3.05) is 17.7 Å². The molecule has 0 aromatic heterocycles. The number of fused-ring (bicyclic) bond motifs is 1. The van der Waals surface area contributed by atoms with E-state index in [-0.39, 0.29) is 29.6 Å². The largest absolute Gasteiger partial charge is 0.368 e. The zero-order valence-corrected chi connectivity index (χ0v) is 11.0. The van der Waals surface area contributed by atoms with E-state index in [2.05, 4.69) is 16.0 Å². The number of carbonyl (C=O) groups is 2. The molecule has 0 fully saturated rings. The van der Waals surface area contributed by atoms with Crippen molar-refractivity contribution in [3.8, 4) is 0 Å². The first-order valence-electron chi connectivity index (χ1n) is 6.01. The Balaban J connectivity index is 2.37. The van der Waals surface area contributed by atoms with Gasteiger partial charge in [0.15, 0.2) is 0 Å². The van der Waals surface area contributed by atoms with Gasteiger partial charge in [-0.05, 0) is 18.6 Å². The minimum atomic E-state index is -0.631. The quantitative estimate of drug-likeness (QED) is 0.552. The number of anilines is 2. The lowest BCUT2D eigenvalue weighted by atomic mass is 10.1. The number of benzene rings is 1. The molecule has 0 radical (unpaired) electrons. The normalized spacial score (nSPS) is 14.2. The van der Waals surface area contributed by atoms with E-state index in [1.54, 1.807) is 6.92 Å². The van der Waals surface area contributed by atoms with Crippen molar-refractivity contribution in [1.29, 1.82) is 0 Å². The lowest BCUT2D eigenvalue weighted by molar-refractivity contribution is -0.384. The van der Waals surface area contributed by atoms with E-state index in [9.17, 15) is 19.7 Å². The van der Waals surface area contributed by atoms with Gasteiger partial charge in [0, 0.05) is 18.8 Å². The summed E-state index contributed by atoms with van der Waals surface area (Å²) in [5, 5.41) is 18.9. The molecule has 1 aliphatic rings. The van der Waals surface area contributed by atoms with Crippen LogP contribution in [0.15, 0.2) is 12.1 Å². The molecule has 0 saturated heterocycles. The van der Waals surface area contributed by atoms with E-state index >= 15 is 0 Å². The summed E-state index contributed by atoms with van der Waals surface area (Å²) in [6.07, 6.45) is 0.126. The topological polar surface area (TPSA) is 113 Å². The Morgan fingerprint density at radius 1 is 1.50 bits per heavy atom. The molecule has 1 aromatic carbocycles. The van der Waals surface area contributed by atoms with Crippen LogP contribution >= 0.6 is 0 Å². The molecule has 8 nitrogen and oxygen atoms in total. The number of hydrogen-bond acceptors (Lipinski definition) is 5. The maximum atomic E-state index is 11.5. The number of nitro benzene ring substituents is 1. The van der Waals surface area contributed by atoms with Crippen LogP contribution in [0.3, 0.4) is 0 Å². The second-order valence-corrected chi connectivity index (χ2v) is 4.49. The van der Waals surface area contributed by atoms with E-state index in [1.165, 1.54) is 19.2 Å². The fourth-order valence-corrected chi connectivity index (χ4v) is 2.04. The lowest BCUT2D eigenvalue weighted by Crippen LogP contribution is -2.35. The zero-order chi connectivity index (χ0) is 14.9. The standard InChI is InChI=1S/C12H14N4O4/c1-6(12(18)13-2)14-9-5-8-7(4-11(17)15-8)3-10(9)16(19)20/h3,5-6,14H,4H2,1-2H3,(H,13,18)(H,15,17). The number of hydrogen-bond donors (Lipinski definition) is 3. The van der Waals surface area contributed by atoms with E-state index in [1.807, 2.05) is 0 Å². The van der Waals surface area contributed by atoms with Crippen molar-refractivity contribution in [3.05, 3.63) is 27.8 Å². The number of likely N-dealkylation sites (N-methyl/N-ethyl adjacent to an activating group) is 1. The van der Waals surface area contributed by atoms with Crippen LogP contribution in [-0.4, -0.2) is 29.8 Å². The Morgan fingerprint density at radius 3 is 2.80 bits per heavy atom. The number of nitrogens with one attached hydrogen (secondary N) is 3. The Labute approximate surface area is 114 Å². The first-order valence-corrected chi connectivity index (χ1v) is 6.01. The summed E-state index contributed by atoms with van der Waals surface area (Å²) in [4.78, 5) is 33.3. The summed E-state index contributed by atoms with van der Waals surface area (Å²) >= 11 is 0. The first-order chi connectivity index (χ1) is 9.42. The molecule has 2 amide bonds. The summed E-state index contributed by atoms with van der Waals surface area (Å²) < 4.78 is 0. The Hall–Kier alpha value is -2.64. The Morgan fingerprint density at radius 2 is 2.20 bits per heavy atom. The molecule has 1 heterocycles. The van der Waals surface area contributed by atoms with Gasteiger partial charge in [0.05, 0.1) is 11.3 Å². The summed E-state index contributed by atoms with van der Waals surface area (Å²) in [5.41, 5.74) is 1.16. The molecule has 106 valence electrons. The highest BCUT2D eigenvalue weighted by Crippen LogP contribution is 2.34. The van der Waals surface area contributed by atoms with Crippen LogP contribution in [0.25, 0.3) is 0 Å². The molecule has 3 N–H and O–H groups in total. The van der Waals surface area contributed by atoms with Crippen molar-refractivity contribution in [2.45, 2.75) is 19.4 Å². The third-order valence-electron chi connectivity index (χ3n) is 3.06. The SMILES string of the molecule is CNC(=O)C(C)Nc1cc2c(cc1[N+](=O)[O-])CC(=O)N2. The van der Waals surface area contributed by atoms with E-state index in [0.717, 1.165) is 0 Å². The summed E-state index contributed by atoms with van der Waals surface area (Å²) in [5.74, 6) is -0.491. The maximum absolute atomic E-state index is 11.5. The molecule has 0 saturated carbocycles. The highest BCUT2D eigenvalue weighted by atomic mass is 16.6. The minimum absolute atomic E-state index is 0.126. The predicted molar refractivity (Wildman–Crippen MR) is 72.6 cm³/mol. The third-order valence-corrected chi connectivity index (χ3v) is 3.06. The molecular formula is C12H14N4O4. The molecule has 20 heavy (non-hydrogen) atoms. The highest BCUT2D eigenvalue weighted by molar-refractivity contribution is 6.00. The van der Waals surface area contributed by atoms with Crippen LogP contribution < -0.4 is 16.0 Å². The minimum Gasteiger partial charge on any atom is -0.368 e. The molecule has 0 aliphatic carbocycles. The van der Waals surface area contributed by atoms with Gasteiger partial charge in [0.1, 0.15) is 11.7 Å². The van der Waals surface area contributed by atoms with Crippen LogP contribution in [-0.2, 0) is 16.0 Å². The molecule has 8 heteroatoms. The summed E-state index contributed by atoms with van der Waals surface area (Å²) in [6, 6.07) is 2.21. The molecule has 0 bridgehead atoms. The lowest BCUT2D eigenvalue weighted by Gasteiger charge is -2.14. The van der Waals surface area contributed by atoms with Gasteiger partial charge in [-0.3, -0.25) is 19.7 Å². The highest BCUT2D eigenvalue weighted by Gasteiger charge is 2.26. The number of rotatable bonds is 4. The van der Waals surface area contributed by atoms with E-state index in [4.69, 9.17) is 0 Å². The second kappa shape index (κ2) is 5.16. The van der Waals surface area contributed by atoms with Crippen molar-refractivity contribution in [2.24, 2.45) is 0 Å². The van der Waals surface area contributed by atoms with Gasteiger partial charge in [-0.2, -0.15) is 0 Å². The van der Waals surface area contributed by atoms with Crippen LogP contribution in [0.2, 0.25) is 0 Å². The maximum Gasteiger partial charge on any atom is 0.292 e. The monoisotopic (exact) mass is 278 g/mol. The Kier molecular flexibility index (Phi) is 3.55. The van der Waals surface area contributed by atoms with Crippen LogP contribution in [0.4, 0.5) is 17.1 Å². The molecule has 0 spiro atoms. The molecule has 1 atom stereocenters. The molecule has 1 aliphatic heterocycles. The fraction of sp³-hybridized carbons (Fsp3) is 0.333. The van der Waals surface area contributed by atoms with Gasteiger partial charge in [0.25, 0.3) is 5.69 Å². The molecule has 1 unspecified atom stereocenters. The fourth-order valence-electron chi connectivity index (χ4n) is 2.04. The molecular weight excluding hydrogens is 264 g/mol. The van der Waals surface area contributed by atoms with Crippen molar-refractivity contribution >= 4 is 28.9 Å². The van der Waals surface area contributed by atoms with Crippen molar-refractivity contribution in [3.63, 3.8) is 0 Å². The number of nitro groups is 1. The van der Waals surface area contributed by atoms with Crippen LogP contribution in [0.5, 0.6) is 0 Å². The second-order valence-electron chi connectivity index (χ2n) is 4.49. The summed E-state index contributed by atoms with van der Waals surface area (Å²) in [7, 11) is 1.48. The summed E-state index contributed by atoms with van der Waals surface area (Å²) in [6.45, 7) is 1.59. The van der Waals surface area contributed by atoms with Gasteiger partial charge in [-0.15, -0.1) is 0 Å².